The molecule has 0 saturated carbocycles. The van der Waals surface area contributed by atoms with Gasteiger partial charge in [-0.2, -0.15) is 0 Å². The first-order valence-electron chi connectivity index (χ1n) is 5.88. The van der Waals surface area contributed by atoms with Gasteiger partial charge in [0.2, 0.25) is 5.91 Å². The zero-order valence-corrected chi connectivity index (χ0v) is 10.7. The minimum absolute atomic E-state index is 0.0685. The summed E-state index contributed by atoms with van der Waals surface area (Å²) in [4.78, 5) is 11.4. The summed E-state index contributed by atoms with van der Waals surface area (Å²) in [6, 6.07) is 0. The lowest BCUT2D eigenvalue weighted by Crippen LogP contribution is -2.34. The molecule has 16 heavy (non-hydrogen) atoms. The lowest BCUT2D eigenvalue weighted by atomic mass is 9.89. The van der Waals surface area contributed by atoms with Crippen molar-refractivity contribution in [1.29, 1.82) is 0 Å². The Hall–Kier alpha value is -0.610. The third kappa shape index (κ3) is 8.68. The van der Waals surface area contributed by atoms with Crippen molar-refractivity contribution in [2.24, 2.45) is 5.41 Å². The van der Waals surface area contributed by atoms with Crippen LogP contribution in [0.3, 0.4) is 0 Å². The second-order valence-electron chi connectivity index (χ2n) is 4.86. The maximum atomic E-state index is 11.4. The fourth-order valence-electron chi connectivity index (χ4n) is 1.29. The van der Waals surface area contributed by atoms with Gasteiger partial charge in [-0.1, -0.05) is 13.8 Å². The van der Waals surface area contributed by atoms with Crippen molar-refractivity contribution in [2.75, 3.05) is 26.9 Å². The first-order valence-corrected chi connectivity index (χ1v) is 5.88. The average molecular weight is 231 g/mol. The lowest BCUT2D eigenvalue weighted by molar-refractivity contribution is -0.121. The van der Waals surface area contributed by atoms with Crippen LogP contribution in [0.5, 0.6) is 0 Å². The van der Waals surface area contributed by atoms with Crippen LogP contribution in [0.2, 0.25) is 0 Å². The highest BCUT2D eigenvalue weighted by molar-refractivity contribution is 5.75. The number of carbonyl (C=O) groups is 1. The summed E-state index contributed by atoms with van der Waals surface area (Å²) in [5.74, 6) is 0.0685. The van der Waals surface area contributed by atoms with Crippen LogP contribution in [0.25, 0.3) is 0 Å². The molecule has 0 radical (unpaired) electrons. The van der Waals surface area contributed by atoms with Gasteiger partial charge in [0.05, 0.1) is 0 Å². The summed E-state index contributed by atoms with van der Waals surface area (Å²) in [5.41, 5.74) is 0.0721. The third-order valence-electron chi connectivity index (χ3n) is 2.56. The molecule has 0 aromatic heterocycles. The number of nitrogens with one attached hydrogen (secondary N) is 1. The van der Waals surface area contributed by atoms with Gasteiger partial charge < -0.3 is 15.2 Å². The van der Waals surface area contributed by atoms with Crippen molar-refractivity contribution in [1.82, 2.24) is 5.32 Å². The fraction of sp³-hybridized carbons (Fsp3) is 0.917. The molecule has 0 rings (SSSR count). The molecule has 4 nitrogen and oxygen atoms in total. The molecule has 4 heteroatoms. The molecule has 0 bridgehead atoms. The topological polar surface area (TPSA) is 58.6 Å². The Bertz CT molecular complexity index is 193. The number of carbonyl (C=O) groups excluding carboxylic acids is 1. The fourth-order valence-corrected chi connectivity index (χ4v) is 1.29. The zero-order valence-electron chi connectivity index (χ0n) is 10.7. The Kier molecular flexibility index (Phi) is 8.21. The van der Waals surface area contributed by atoms with Crippen LogP contribution < -0.4 is 5.32 Å². The van der Waals surface area contributed by atoms with Crippen molar-refractivity contribution >= 4 is 5.91 Å². The molecule has 0 aliphatic carbocycles. The van der Waals surface area contributed by atoms with Crippen LogP contribution in [-0.2, 0) is 9.53 Å². The highest BCUT2D eigenvalue weighted by atomic mass is 16.5. The van der Waals surface area contributed by atoms with E-state index in [1.54, 1.807) is 7.11 Å². The van der Waals surface area contributed by atoms with Gasteiger partial charge in [-0.15, -0.1) is 0 Å². The van der Waals surface area contributed by atoms with Crippen molar-refractivity contribution in [3.63, 3.8) is 0 Å². The predicted octanol–water partition coefficient (Wildman–Crippen LogP) is 1.33. The number of amides is 1. The molecule has 0 spiro atoms. The monoisotopic (exact) mass is 231 g/mol. The molecule has 0 aromatic carbocycles. The van der Waals surface area contributed by atoms with E-state index < -0.39 is 0 Å². The lowest BCUT2D eigenvalue weighted by Gasteiger charge is -2.24. The Morgan fingerprint density at radius 2 is 2.06 bits per heavy atom. The summed E-state index contributed by atoms with van der Waals surface area (Å²) in [5, 5.41) is 11.5. The smallest absolute Gasteiger partial charge is 0.220 e. The van der Waals surface area contributed by atoms with E-state index in [9.17, 15) is 4.79 Å². The van der Waals surface area contributed by atoms with Gasteiger partial charge in [0.1, 0.15) is 0 Å². The average Bonchev–Trinajstić information content (AvgIpc) is 2.24. The Morgan fingerprint density at radius 1 is 1.38 bits per heavy atom. The van der Waals surface area contributed by atoms with E-state index in [0.717, 1.165) is 12.8 Å². The number of hydrogen-bond donors (Lipinski definition) is 2. The molecule has 0 aliphatic rings. The summed E-state index contributed by atoms with van der Waals surface area (Å²) in [6.45, 7) is 5.77. The Balaban J connectivity index is 3.64. The molecular formula is C12H25NO3. The van der Waals surface area contributed by atoms with Gasteiger partial charge in [0.15, 0.2) is 0 Å². The van der Waals surface area contributed by atoms with Gasteiger partial charge in [0, 0.05) is 33.3 Å². The summed E-state index contributed by atoms with van der Waals surface area (Å²) in [6.07, 6.45) is 2.88. The second kappa shape index (κ2) is 8.53. The summed E-state index contributed by atoms with van der Waals surface area (Å²) < 4.78 is 5.02. The van der Waals surface area contributed by atoms with Gasteiger partial charge in [-0.3, -0.25) is 4.79 Å². The number of ether oxygens (including phenoxy) is 1. The van der Waals surface area contributed by atoms with Crippen LogP contribution in [0.4, 0.5) is 0 Å². The second-order valence-corrected chi connectivity index (χ2v) is 4.86. The maximum absolute atomic E-state index is 11.4. The maximum Gasteiger partial charge on any atom is 0.220 e. The SMILES string of the molecule is COCCC(C)(C)CNC(=O)CCCCO. The van der Waals surface area contributed by atoms with E-state index in [1.807, 2.05) is 0 Å². The van der Waals surface area contributed by atoms with Gasteiger partial charge in [0.25, 0.3) is 0 Å². The summed E-state index contributed by atoms with van der Waals surface area (Å²) >= 11 is 0. The summed E-state index contributed by atoms with van der Waals surface area (Å²) in [7, 11) is 1.68. The Morgan fingerprint density at radius 3 is 2.62 bits per heavy atom. The first kappa shape index (κ1) is 15.4. The van der Waals surface area contributed by atoms with E-state index >= 15 is 0 Å². The van der Waals surface area contributed by atoms with E-state index in [2.05, 4.69) is 19.2 Å². The molecule has 0 atom stereocenters. The minimum atomic E-state index is 0.0685. The van der Waals surface area contributed by atoms with Crippen LogP contribution >= 0.6 is 0 Å². The van der Waals surface area contributed by atoms with E-state index in [0.29, 0.717) is 26.0 Å². The van der Waals surface area contributed by atoms with Gasteiger partial charge >= 0.3 is 0 Å². The normalized spacial score (nSPS) is 11.5. The number of unbranched alkanes of at least 4 members (excludes halogenated alkanes) is 1. The quantitative estimate of drug-likeness (QED) is 0.589. The molecule has 0 aromatic rings. The zero-order chi connectivity index (χ0) is 12.4. The van der Waals surface area contributed by atoms with E-state index in [-0.39, 0.29) is 17.9 Å². The molecule has 1 amide bonds. The third-order valence-corrected chi connectivity index (χ3v) is 2.56. The van der Waals surface area contributed by atoms with Crippen molar-refractivity contribution in [3.8, 4) is 0 Å². The molecule has 0 heterocycles. The molecule has 96 valence electrons. The number of methoxy groups -OCH3 is 1. The van der Waals surface area contributed by atoms with Crippen LogP contribution in [0.15, 0.2) is 0 Å². The molecule has 2 N–H and O–H groups in total. The van der Waals surface area contributed by atoms with Crippen molar-refractivity contribution < 1.29 is 14.6 Å². The van der Waals surface area contributed by atoms with E-state index in [4.69, 9.17) is 9.84 Å². The number of rotatable bonds is 9. The standard InChI is InChI=1S/C12H25NO3/c1-12(2,7-9-16-3)10-13-11(15)6-4-5-8-14/h14H,4-10H2,1-3H3,(H,13,15). The molecular weight excluding hydrogens is 206 g/mol. The van der Waals surface area contributed by atoms with Crippen molar-refractivity contribution in [2.45, 2.75) is 39.5 Å². The molecule has 0 unspecified atom stereocenters. The predicted molar refractivity (Wildman–Crippen MR) is 64.2 cm³/mol. The molecule has 0 aliphatic heterocycles. The highest BCUT2D eigenvalue weighted by Crippen LogP contribution is 2.18. The van der Waals surface area contributed by atoms with Gasteiger partial charge in [-0.25, -0.2) is 0 Å². The Labute approximate surface area is 98.4 Å². The number of hydrogen-bond acceptors (Lipinski definition) is 3. The minimum Gasteiger partial charge on any atom is -0.396 e. The van der Waals surface area contributed by atoms with Crippen molar-refractivity contribution in [3.05, 3.63) is 0 Å². The van der Waals surface area contributed by atoms with E-state index in [1.165, 1.54) is 0 Å². The highest BCUT2D eigenvalue weighted by Gasteiger charge is 2.18. The van der Waals surface area contributed by atoms with Crippen LogP contribution in [-0.4, -0.2) is 37.9 Å². The molecule has 0 saturated heterocycles. The van der Waals surface area contributed by atoms with Gasteiger partial charge in [-0.05, 0) is 24.7 Å². The molecule has 0 fully saturated rings. The number of aliphatic hydroxyl groups excluding tert-OH is 1. The first-order chi connectivity index (χ1) is 7.52. The van der Waals surface area contributed by atoms with Crippen LogP contribution in [0, 0.1) is 5.41 Å². The largest absolute Gasteiger partial charge is 0.396 e. The van der Waals surface area contributed by atoms with Crippen LogP contribution in [0.1, 0.15) is 39.5 Å². The number of aliphatic hydroxyl groups is 1.